The van der Waals surface area contributed by atoms with Crippen molar-refractivity contribution < 1.29 is 0 Å². The molecule has 0 spiro atoms. The summed E-state index contributed by atoms with van der Waals surface area (Å²) in [5.74, 6) is 0. The van der Waals surface area contributed by atoms with Crippen LogP contribution in [0.1, 0.15) is 5.56 Å². The zero-order valence-corrected chi connectivity index (χ0v) is 20.9. The minimum absolute atomic E-state index is 0.789. The van der Waals surface area contributed by atoms with Crippen molar-refractivity contribution in [3.8, 4) is 22.3 Å². The minimum Gasteiger partial charge on any atom is -0.335 e. The fourth-order valence-corrected chi connectivity index (χ4v) is 6.35. The van der Waals surface area contributed by atoms with Crippen molar-refractivity contribution in [1.82, 2.24) is 0 Å². The van der Waals surface area contributed by atoms with E-state index in [2.05, 4.69) is 126 Å². The first kappa shape index (κ1) is 21.2. The van der Waals surface area contributed by atoms with E-state index < -0.39 is 0 Å². The molecule has 0 atom stereocenters. The van der Waals surface area contributed by atoms with Crippen molar-refractivity contribution >= 4 is 56.1 Å². The van der Waals surface area contributed by atoms with E-state index in [1.54, 1.807) is 0 Å². The van der Waals surface area contributed by atoms with Crippen LogP contribution in [0.4, 0.5) is 17.1 Å². The average molecular weight is 485 g/mol. The van der Waals surface area contributed by atoms with Crippen LogP contribution in [0.15, 0.2) is 126 Å². The lowest BCUT2D eigenvalue weighted by Gasteiger charge is -2.34. The minimum atomic E-state index is 0.789. The van der Waals surface area contributed by atoms with Gasteiger partial charge in [-0.25, -0.2) is 0 Å². The molecule has 0 saturated heterocycles. The van der Waals surface area contributed by atoms with Gasteiger partial charge in [-0.15, -0.1) is 0 Å². The van der Waals surface area contributed by atoms with Gasteiger partial charge in [0.15, 0.2) is 0 Å². The Balaban J connectivity index is 1.33. The third-order valence-corrected chi connectivity index (χ3v) is 8.11. The number of aliphatic imine (C=N–C) groups is 1. The number of fused-ring (bicyclic) bond motifs is 3. The highest BCUT2D eigenvalue weighted by Crippen LogP contribution is 2.47. The molecule has 2 heteroatoms. The van der Waals surface area contributed by atoms with Gasteiger partial charge >= 0.3 is 0 Å². The third kappa shape index (κ3) is 2.98. The van der Waals surface area contributed by atoms with Crippen molar-refractivity contribution in [2.75, 3.05) is 4.90 Å². The first-order valence-corrected chi connectivity index (χ1v) is 13.0. The molecule has 0 N–H and O–H groups in total. The van der Waals surface area contributed by atoms with Crippen molar-refractivity contribution in [2.24, 2.45) is 4.99 Å². The number of nitrogens with zero attached hydrogens (tertiary/aromatic N) is 2. The highest BCUT2D eigenvalue weighted by atomic mass is 15.2. The lowest BCUT2D eigenvalue weighted by atomic mass is 9.87. The maximum absolute atomic E-state index is 4.30. The number of hydrogen-bond donors (Lipinski definition) is 0. The van der Waals surface area contributed by atoms with Crippen molar-refractivity contribution in [2.45, 2.75) is 6.54 Å². The molecule has 7 aromatic carbocycles. The smallest absolute Gasteiger partial charge is 0.0859 e. The fraction of sp³-hybridized carbons (Fsp3) is 0.0278. The molecule has 1 aliphatic heterocycles. The highest BCUT2D eigenvalue weighted by Gasteiger charge is 2.25. The summed E-state index contributed by atoms with van der Waals surface area (Å²) >= 11 is 0. The van der Waals surface area contributed by atoms with Gasteiger partial charge < -0.3 is 4.90 Å². The quantitative estimate of drug-likeness (QED) is 0.180. The number of para-hydroxylation sites is 3. The molecule has 0 fully saturated rings. The lowest BCUT2D eigenvalue weighted by Crippen LogP contribution is -2.21. The van der Waals surface area contributed by atoms with Crippen molar-refractivity contribution in [3.63, 3.8) is 0 Å². The Hall–Kier alpha value is -4.95. The Bertz CT molecular complexity index is 2020. The molecule has 1 heterocycles. The molecule has 0 amide bonds. The van der Waals surface area contributed by atoms with Crippen LogP contribution >= 0.6 is 0 Å². The number of rotatable bonds is 3. The first-order chi connectivity index (χ1) is 18.8. The molecule has 178 valence electrons. The zero-order valence-electron chi connectivity index (χ0n) is 20.9. The molecule has 0 saturated carbocycles. The van der Waals surface area contributed by atoms with Gasteiger partial charge in [-0.05, 0) is 85.6 Å². The molecule has 7 aromatic rings. The van der Waals surface area contributed by atoms with Crippen LogP contribution in [0.3, 0.4) is 0 Å². The van der Waals surface area contributed by atoms with Gasteiger partial charge in [-0.2, -0.15) is 0 Å². The molecule has 0 unspecified atom stereocenters. The monoisotopic (exact) mass is 484 g/mol. The van der Waals surface area contributed by atoms with Crippen LogP contribution < -0.4 is 4.90 Å². The average Bonchev–Trinajstić information content (AvgIpc) is 2.99. The first-order valence-electron chi connectivity index (χ1n) is 13.0. The summed E-state index contributed by atoms with van der Waals surface area (Å²) < 4.78 is 0. The van der Waals surface area contributed by atoms with E-state index in [1.165, 1.54) is 65.8 Å². The van der Waals surface area contributed by atoms with E-state index in [9.17, 15) is 0 Å². The largest absolute Gasteiger partial charge is 0.335 e. The predicted octanol–water partition coefficient (Wildman–Crippen LogP) is 9.90. The van der Waals surface area contributed by atoms with E-state index >= 15 is 0 Å². The molecule has 2 nitrogen and oxygen atoms in total. The Morgan fingerprint density at radius 3 is 2.11 bits per heavy atom. The normalized spacial score (nSPS) is 12.7. The number of benzene rings is 7. The maximum Gasteiger partial charge on any atom is 0.0859 e. The number of hydrogen-bond acceptors (Lipinski definition) is 2. The molecule has 1 aliphatic rings. The summed E-state index contributed by atoms with van der Waals surface area (Å²) in [6.45, 7) is 4.60. The molecule has 0 aromatic heterocycles. The Morgan fingerprint density at radius 1 is 0.553 bits per heavy atom. The molecule has 0 aliphatic carbocycles. The van der Waals surface area contributed by atoms with Gasteiger partial charge in [0.25, 0.3) is 0 Å². The molecular formula is C36H24N2. The van der Waals surface area contributed by atoms with Crippen LogP contribution in [-0.4, -0.2) is 6.72 Å². The zero-order chi connectivity index (χ0) is 25.2. The SMILES string of the molecule is C=Nc1ccccc1N1Cc2ccc(-c3ccc4ccc5cccc6ccc3c4c56)cc2-c2ccccc21. The van der Waals surface area contributed by atoms with Gasteiger partial charge in [0.2, 0.25) is 0 Å². The lowest BCUT2D eigenvalue weighted by molar-refractivity contribution is 0.961. The molecule has 0 bridgehead atoms. The second-order valence-corrected chi connectivity index (χ2v) is 10.1. The van der Waals surface area contributed by atoms with Crippen LogP contribution in [0, 0.1) is 0 Å². The molecular weight excluding hydrogens is 460 g/mol. The summed E-state index contributed by atoms with van der Waals surface area (Å²) in [7, 11) is 0. The fourth-order valence-electron chi connectivity index (χ4n) is 6.35. The van der Waals surface area contributed by atoms with Crippen LogP contribution in [0.25, 0.3) is 54.6 Å². The van der Waals surface area contributed by atoms with Crippen LogP contribution in [0.2, 0.25) is 0 Å². The second-order valence-electron chi connectivity index (χ2n) is 10.1. The Labute approximate surface area is 221 Å². The van der Waals surface area contributed by atoms with Gasteiger partial charge in [0.1, 0.15) is 0 Å². The van der Waals surface area contributed by atoms with Gasteiger partial charge in [0, 0.05) is 17.8 Å². The summed E-state index contributed by atoms with van der Waals surface area (Å²) in [6, 6.07) is 44.1. The van der Waals surface area contributed by atoms with Crippen LogP contribution in [0.5, 0.6) is 0 Å². The standard InChI is InChI=1S/C36H24N2/c1-37-32-10-3-5-12-34(32)38-22-27-16-15-26(21-31(27)29-9-2-4-11-33(29)38)28-19-17-25-14-13-23-7-6-8-24-18-20-30(28)36(25)35(23)24/h2-21H,1,22H2. The molecule has 38 heavy (non-hydrogen) atoms. The second kappa shape index (κ2) is 8.03. The van der Waals surface area contributed by atoms with Crippen molar-refractivity contribution in [1.29, 1.82) is 0 Å². The van der Waals surface area contributed by atoms with Gasteiger partial charge in [-0.1, -0.05) is 97.1 Å². The van der Waals surface area contributed by atoms with E-state index in [1.807, 2.05) is 12.1 Å². The summed E-state index contributed by atoms with van der Waals surface area (Å²) in [5.41, 5.74) is 9.55. The Morgan fingerprint density at radius 2 is 1.26 bits per heavy atom. The summed E-state index contributed by atoms with van der Waals surface area (Å²) in [5, 5.41) is 7.91. The Kier molecular flexibility index (Phi) is 4.47. The summed E-state index contributed by atoms with van der Waals surface area (Å²) in [4.78, 5) is 6.66. The van der Waals surface area contributed by atoms with Crippen molar-refractivity contribution in [3.05, 3.63) is 127 Å². The van der Waals surface area contributed by atoms with E-state index in [4.69, 9.17) is 0 Å². The van der Waals surface area contributed by atoms with E-state index in [0.717, 1.165) is 17.9 Å². The van der Waals surface area contributed by atoms with Crippen LogP contribution in [-0.2, 0) is 6.54 Å². The topological polar surface area (TPSA) is 15.6 Å². The van der Waals surface area contributed by atoms with E-state index in [0.29, 0.717) is 0 Å². The molecule has 0 radical (unpaired) electrons. The third-order valence-electron chi connectivity index (χ3n) is 8.11. The summed E-state index contributed by atoms with van der Waals surface area (Å²) in [6.07, 6.45) is 0. The number of anilines is 2. The predicted molar refractivity (Wildman–Crippen MR) is 163 cm³/mol. The molecule has 8 rings (SSSR count). The van der Waals surface area contributed by atoms with Gasteiger partial charge in [0.05, 0.1) is 11.4 Å². The van der Waals surface area contributed by atoms with Gasteiger partial charge in [-0.3, -0.25) is 4.99 Å². The van der Waals surface area contributed by atoms with E-state index in [-0.39, 0.29) is 0 Å². The maximum atomic E-state index is 4.30. The highest BCUT2D eigenvalue weighted by molar-refractivity contribution is 6.25.